The number of hydrogen-bond acceptors (Lipinski definition) is 5. The van der Waals surface area contributed by atoms with Gasteiger partial charge in [-0.1, -0.05) is 11.6 Å². The van der Waals surface area contributed by atoms with Crippen molar-refractivity contribution in [2.45, 2.75) is 6.18 Å². The molecule has 0 unspecified atom stereocenters. The van der Waals surface area contributed by atoms with Crippen LogP contribution in [0.5, 0.6) is 0 Å². The Morgan fingerprint density at radius 1 is 1.13 bits per heavy atom. The van der Waals surface area contributed by atoms with E-state index >= 15 is 0 Å². The summed E-state index contributed by atoms with van der Waals surface area (Å²) in [4.78, 5) is 16.6. The minimum atomic E-state index is -4.48. The van der Waals surface area contributed by atoms with Gasteiger partial charge in [-0.15, -0.1) is 11.3 Å². The first kappa shape index (κ1) is 22.1. The molecule has 2 N–H and O–H groups in total. The van der Waals surface area contributed by atoms with Gasteiger partial charge in [0, 0.05) is 27.9 Å². The predicted octanol–water partition coefficient (Wildman–Crippen LogP) is 5.11. The maximum absolute atomic E-state index is 12.6. The zero-order valence-corrected chi connectivity index (χ0v) is 17.5. The van der Waals surface area contributed by atoms with Gasteiger partial charge in [0.1, 0.15) is 0 Å². The van der Waals surface area contributed by atoms with Crippen molar-refractivity contribution in [3.05, 3.63) is 63.4 Å². The van der Waals surface area contributed by atoms with E-state index in [9.17, 15) is 26.4 Å². The van der Waals surface area contributed by atoms with Gasteiger partial charge in [-0.2, -0.15) is 13.2 Å². The number of nitrogens with zero attached hydrogens (tertiary/aromatic N) is 1. The molecule has 6 nitrogen and oxygen atoms in total. The van der Waals surface area contributed by atoms with Gasteiger partial charge in [0.2, 0.25) is 10.0 Å². The Morgan fingerprint density at radius 2 is 1.83 bits per heavy atom. The summed E-state index contributed by atoms with van der Waals surface area (Å²) in [5, 5.41) is 4.41. The van der Waals surface area contributed by atoms with Crippen LogP contribution in [0.15, 0.2) is 48.0 Å². The molecule has 3 aromatic rings. The summed E-state index contributed by atoms with van der Waals surface area (Å²) in [6.07, 6.45) is -2.77. The maximum Gasteiger partial charge on any atom is 0.417 e. The SMILES string of the molecule is CS(=O)(=O)Nc1cc(Cl)cc(NC(=O)c2cc(-c3ccc(C(F)(F)F)cn3)cs2)c1. The van der Waals surface area contributed by atoms with Crippen LogP contribution in [0.2, 0.25) is 5.02 Å². The van der Waals surface area contributed by atoms with Crippen LogP contribution >= 0.6 is 22.9 Å². The highest BCUT2D eigenvalue weighted by Crippen LogP contribution is 2.31. The molecule has 0 saturated heterocycles. The number of anilines is 2. The average molecular weight is 476 g/mol. The molecule has 0 aliphatic heterocycles. The summed E-state index contributed by atoms with van der Waals surface area (Å²) < 4.78 is 63.0. The zero-order chi connectivity index (χ0) is 22.1. The quantitative estimate of drug-likeness (QED) is 0.537. The lowest BCUT2D eigenvalue weighted by Gasteiger charge is -2.09. The third-order valence-electron chi connectivity index (χ3n) is 3.67. The van der Waals surface area contributed by atoms with Gasteiger partial charge in [0.05, 0.1) is 28.1 Å². The summed E-state index contributed by atoms with van der Waals surface area (Å²) in [5.41, 5.74) is 0.367. The minimum Gasteiger partial charge on any atom is -0.321 e. The fraction of sp³-hybridized carbons (Fsp3) is 0.111. The zero-order valence-electron chi connectivity index (χ0n) is 15.1. The van der Waals surface area contributed by atoms with Crippen molar-refractivity contribution in [3.63, 3.8) is 0 Å². The first-order valence-electron chi connectivity index (χ1n) is 8.12. The molecule has 1 aromatic carbocycles. The van der Waals surface area contributed by atoms with E-state index in [1.165, 1.54) is 30.3 Å². The normalized spacial score (nSPS) is 11.9. The molecule has 158 valence electrons. The van der Waals surface area contributed by atoms with Crippen molar-refractivity contribution >= 4 is 50.2 Å². The number of rotatable bonds is 5. The van der Waals surface area contributed by atoms with E-state index in [4.69, 9.17) is 11.6 Å². The molecule has 0 atom stereocenters. The Morgan fingerprint density at radius 3 is 2.43 bits per heavy atom. The van der Waals surface area contributed by atoms with E-state index in [1.54, 1.807) is 5.38 Å². The molecular weight excluding hydrogens is 463 g/mol. The Hall–Kier alpha value is -2.63. The van der Waals surface area contributed by atoms with Crippen LogP contribution in [0.3, 0.4) is 0 Å². The second kappa shape index (κ2) is 8.25. The summed E-state index contributed by atoms with van der Waals surface area (Å²) in [5.74, 6) is -0.495. The van der Waals surface area contributed by atoms with Crippen LogP contribution in [0.1, 0.15) is 15.2 Å². The average Bonchev–Trinajstić information content (AvgIpc) is 3.09. The molecule has 12 heteroatoms. The number of pyridine rings is 1. The predicted molar refractivity (Wildman–Crippen MR) is 110 cm³/mol. The van der Waals surface area contributed by atoms with Crippen LogP contribution in [0.4, 0.5) is 24.5 Å². The Balaban J connectivity index is 1.77. The molecule has 30 heavy (non-hydrogen) atoms. The van der Waals surface area contributed by atoms with E-state index in [0.717, 1.165) is 29.9 Å². The standard InChI is InChI=1S/C18H13ClF3N3O3S2/c1-30(27,28)25-14-6-12(19)5-13(7-14)24-17(26)16-4-10(9-29-16)15-3-2-11(8-23-15)18(20,21)22/h2-9,25H,1H3,(H,24,26). The lowest BCUT2D eigenvalue weighted by Crippen LogP contribution is -2.12. The van der Waals surface area contributed by atoms with Gasteiger partial charge in [-0.05, 0) is 36.4 Å². The van der Waals surface area contributed by atoms with Gasteiger partial charge in [0.15, 0.2) is 0 Å². The van der Waals surface area contributed by atoms with E-state index in [-0.39, 0.29) is 21.3 Å². The second-order valence-electron chi connectivity index (χ2n) is 6.19. The van der Waals surface area contributed by atoms with E-state index in [1.807, 2.05) is 0 Å². The number of benzene rings is 1. The van der Waals surface area contributed by atoms with E-state index in [2.05, 4.69) is 15.0 Å². The van der Waals surface area contributed by atoms with Crippen LogP contribution in [0.25, 0.3) is 11.3 Å². The number of carbonyl (C=O) groups is 1. The number of carbonyl (C=O) groups excluding carboxylic acids is 1. The molecule has 1 amide bonds. The largest absolute Gasteiger partial charge is 0.417 e. The highest BCUT2D eigenvalue weighted by atomic mass is 35.5. The summed E-state index contributed by atoms with van der Waals surface area (Å²) in [6.45, 7) is 0. The number of aromatic nitrogens is 1. The fourth-order valence-electron chi connectivity index (χ4n) is 2.45. The molecule has 2 aromatic heterocycles. The highest BCUT2D eigenvalue weighted by Gasteiger charge is 2.30. The first-order valence-corrected chi connectivity index (χ1v) is 11.3. The Labute approximate surface area is 178 Å². The van der Waals surface area contributed by atoms with Gasteiger partial charge >= 0.3 is 6.18 Å². The number of sulfonamides is 1. The molecule has 0 fully saturated rings. The van der Waals surface area contributed by atoms with Crippen LogP contribution < -0.4 is 10.0 Å². The molecule has 0 aliphatic rings. The highest BCUT2D eigenvalue weighted by molar-refractivity contribution is 7.92. The summed E-state index contributed by atoms with van der Waals surface area (Å²) in [6, 6.07) is 7.87. The van der Waals surface area contributed by atoms with Crippen LogP contribution in [0, 0.1) is 0 Å². The minimum absolute atomic E-state index is 0.182. The summed E-state index contributed by atoms with van der Waals surface area (Å²) in [7, 11) is -3.53. The lowest BCUT2D eigenvalue weighted by molar-refractivity contribution is -0.137. The molecule has 0 saturated carbocycles. The number of hydrogen-bond donors (Lipinski definition) is 2. The number of amides is 1. The maximum atomic E-state index is 12.6. The Bertz CT molecular complexity index is 1190. The molecule has 0 radical (unpaired) electrons. The topological polar surface area (TPSA) is 88.2 Å². The van der Waals surface area contributed by atoms with E-state index in [0.29, 0.717) is 11.3 Å². The van der Waals surface area contributed by atoms with Crippen molar-refractivity contribution in [3.8, 4) is 11.3 Å². The van der Waals surface area contributed by atoms with Gasteiger partial charge in [-0.3, -0.25) is 14.5 Å². The molecular formula is C18H13ClF3N3O3S2. The third kappa shape index (κ3) is 5.71. The first-order chi connectivity index (χ1) is 13.9. The van der Waals surface area contributed by atoms with Gasteiger partial charge in [0.25, 0.3) is 5.91 Å². The molecule has 0 bridgehead atoms. The monoisotopic (exact) mass is 475 g/mol. The molecule has 0 spiro atoms. The van der Waals surface area contributed by atoms with Crippen molar-refractivity contribution in [1.29, 1.82) is 0 Å². The van der Waals surface area contributed by atoms with Crippen molar-refractivity contribution in [2.75, 3.05) is 16.3 Å². The molecule has 2 heterocycles. The van der Waals surface area contributed by atoms with Crippen LogP contribution in [-0.4, -0.2) is 25.6 Å². The molecule has 3 rings (SSSR count). The number of nitrogens with one attached hydrogen (secondary N) is 2. The Kier molecular flexibility index (Phi) is 6.06. The smallest absolute Gasteiger partial charge is 0.321 e. The van der Waals surface area contributed by atoms with Crippen molar-refractivity contribution in [1.82, 2.24) is 4.98 Å². The lowest BCUT2D eigenvalue weighted by atomic mass is 10.2. The van der Waals surface area contributed by atoms with Crippen LogP contribution in [-0.2, 0) is 16.2 Å². The summed E-state index contributed by atoms with van der Waals surface area (Å²) >= 11 is 7.05. The van der Waals surface area contributed by atoms with E-state index < -0.39 is 27.7 Å². The van der Waals surface area contributed by atoms with Crippen molar-refractivity contribution < 1.29 is 26.4 Å². The number of halogens is 4. The van der Waals surface area contributed by atoms with Crippen molar-refractivity contribution in [2.24, 2.45) is 0 Å². The number of thiophene rings is 1. The van der Waals surface area contributed by atoms with Gasteiger partial charge < -0.3 is 5.32 Å². The fourth-order valence-corrected chi connectivity index (χ4v) is 4.03. The third-order valence-corrected chi connectivity index (χ3v) is 5.42. The van der Waals surface area contributed by atoms with Gasteiger partial charge in [-0.25, -0.2) is 8.42 Å². The second-order valence-corrected chi connectivity index (χ2v) is 9.28. The molecule has 0 aliphatic carbocycles. The number of alkyl halides is 3.